The van der Waals surface area contributed by atoms with Gasteiger partial charge in [-0.15, -0.1) is 0 Å². The van der Waals surface area contributed by atoms with Crippen molar-refractivity contribution in [2.75, 3.05) is 0 Å². The SMILES string of the molecule is C/C=C/C1CCc2cc(-c3ccc(F)c(F)c3)ccc2C1. The van der Waals surface area contributed by atoms with Gasteiger partial charge in [0.05, 0.1) is 0 Å². The van der Waals surface area contributed by atoms with Gasteiger partial charge in [-0.1, -0.05) is 36.4 Å². The van der Waals surface area contributed by atoms with Crippen LogP contribution in [0.2, 0.25) is 0 Å². The molecule has 1 unspecified atom stereocenters. The minimum absolute atomic E-state index is 0.622. The van der Waals surface area contributed by atoms with E-state index < -0.39 is 11.6 Å². The van der Waals surface area contributed by atoms with Gasteiger partial charge in [0.1, 0.15) is 0 Å². The van der Waals surface area contributed by atoms with E-state index in [-0.39, 0.29) is 0 Å². The Labute approximate surface area is 124 Å². The van der Waals surface area contributed by atoms with Crippen molar-refractivity contribution in [3.05, 3.63) is 71.3 Å². The van der Waals surface area contributed by atoms with Crippen molar-refractivity contribution in [2.45, 2.75) is 26.2 Å². The number of allylic oxidation sites excluding steroid dienone is 2. The van der Waals surface area contributed by atoms with Gasteiger partial charge in [-0.2, -0.15) is 0 Å². The number of hydrogen-bond acceptors (Lipinski definition) is 0. The van der Waals surface area contributed by atoms with Crippen LogP contribution in [0.5, 0.6) is 0 Å². The highest BCUT2D eigenvalue weighted by molar-refractivity contribution is 5.65. The molecule has 1 atom stereocenters. The summed E-state index contributed by atoms with van der Waals surface area (Å²) in [7, 11) is 0. The van der Waals surface area contributed by atoms with Gasteiger partial charge in [0, 0.05) is 0 Å². The van der Waals surface area contributed by atoms with Gasteiger partial charge in [-0.3, -0.25) is 0 Å². The highest BCUT2D eigenvalue weighted by Crippen LogP contribution is 2.30. The summed E-state index contributed by atoms with van der Waals surface area (Å²) in [4.78, 5) is 0. The second kappa shape index (κ2) is 5.80. The monoisotopic (exact) mass is 284 g/mol. The van der Waals surface area contributed by atoms with Crippen LogP contribution >= 0.6 is 0 Å². The first kappa shape index (κ1) is 14.0. The third kappa shape index (κ3) is 2.90. The van der Waals surface area contributed by atoms with Crippen molar-refractivity contribution in [3.63, 3.8) is 0 Å². The molecular formula is C19H18F2. The Balaban J connectivity index is 1.91. The van der Waals surface area contributed by atoms with Crippen LogP contribution in [0, 0.1) is 17.6 Å². The Morgan fingerprint density at radius 3 is 2.48 bits per heavy atom. The van der Waals surface area contributed by atoms with Gasteiger partial charge in [0.15, 0.2) is 11.6 Å². The van der Waals surface area contributed by atoms with Gasteiger partial charge in [0.25, 0.3) is 0 Å². The molecule has 0 bridgehead atoms. The molecule has 108 valence electrons. The first-order valence-corrected chi connectivity index (χ1v) is 7.37. The number of aryl methyl sites for hydroxylation is 1. The molecule has 2 heteroatoms. The highest BCUT2D eigenvalue weighted by atomic mass is 19.2. The van der Waals surface area contributed by atoms with Crippen LogP contribution in [-0.4, -0.2) is 0 Å². The Hall–Kier alpha value is -1.96. The standard InChI is InChI=1S/C19H18F2/c1-2-3-13-4-5-15-11-16(7-6-14(15)10-13)17-8-9-18(20)19(21)12-17/h2-3,6-9,11-13H,4-5,10H2,1H3/b3-2+. The van der Waals surface area contributed by atoms with Gasteiger partial charge in [-0.25, -0.2) is 8.78 Å². The predicted octanol–water partition coefficient (Wildman–Crippen LogP) is 5.31. The maximum absolute atomic E-state index is 13.4. The lowest BCUT2D eigenvalue weighted by atomic mass is 9.82. The maximum Gasteiger partial charge on any atom is 0.159 e. The van der Waals surface area contributed by atoms with Crippen LogP contribution in [0.15, 0.2) is 48.6 Å². The van der Waals surface area contributed by atoms with Crippen molar-refractivity contribution < 1.29 is 8.78 Å². The molecule has 2 aromatic rings. The fraction of sp³-hybridized carbons (Fsp3) is 0.263. The minimum Gasteiger partial charge on any atom is -0.204 e. The lowest BCUT2D eigenvalue weighted by Crippen LogP contribution is -2.12. The van der Waals surface area contributed by atoms with Gasteiger partial charge >= 0.3 is 0 Å². The van der Waals surface area contributed by atoms with Gasteiger partial charge < -0.3 is 0 Å². The van der Waals surface area contributed by atoms with Crippen molar-refractivity contribution in [1.82, 2.24) is 0 Å². The Morgan fingerprint density at radius 1 is 0.952 bits per heavy atom. The molecule has 0 fully saturated rings. The van der Waals surface area contributed by atoms with Crippen molar-refractivity contribution >= 4 is 0 Å². The molecule has 0 saturated carbocycles. The first-order valence-electron chi connectivity index (χ1n) is 7.37. The summed E-state index contributed by atoms with van der Waals surface area (Å²) in [6.07, 6.45) is 7.65. The summed E-state index contributed by atoms with van der Waals surface area (Å²) in [5, 5.41) is 0. The largest absolute Gasteiger partial charge is 0.204 e. The van der Waals surface area contributed by atoms with Crippen LogP contribution in [0.25, 0.3) is 11.1 Å². The second-order valence-electron chi connectivity index (χ2n) is 5.64. The third-order valence-electron chi connectivity index (χ3n) is 4.19. The number of halogens is 2. The van der Waals surface area contributed by atoms with Crippen LogP contribution < -0.4 is 0 Å². The van der Waals surface area contributed by atoms with Crippen LogP contribution in [0.1, 0.15) is 24.5 Å². The molecule has 0 aromatic heterocycles. The van der Waals surface area contributed by atoms with Crippen molar-refractivity contribution in [1.29, 1.82) is 0 Å². The molecular weight excluding hydrogens is 266 g/mol. The highest BCUT2D eigenvalue weighted by Gasteiger charge is 2.17. The van der Waals surface area contributed by atoms with Gasteiger partial charge in [-0.05, 0) is 66.5 Å². The van der Waals surface area contributed by atoms with E-state index in [0.29, 0.717) is 5.92 Å². The minimum atomic E-state index is -0.800. The average Bonchev–Trinajstić information content (AvgIpc) is 2.50. The molecule has 0 amide bonds. The molecule has 1 aliphatic carbocycles. The predicted molar refractivity (Wildman–Crippen MR) is 82.1 cm³/mol. The lowest BCUT2D eigenvalue weighted by molar-refractivity contribution is 0.509. The summed E-state index contributed by atoms with van der Waals surface area (Å²) in [6.45, 7) is 2.06. The summed E-state index contributed by atoms with van der Waals surface area (Å²) in [5.74, 6) is -0.971. The van der Waals surface area contributed by atoms with E-state index in [4.69, 9.17) is 0 Å². The van der Waals surface area contributed by atoms with E-state index in [0.717, 1.165) is 30.4 Å². The van der Waals surface area contributed by atoms with Crippen LogP contribution in [-0.2, 0) is 12.8 Å². The molecule has 0 heterocycles. The molecule has 21 heavy (non-hydrogen) atoms. The Bertz CT molecular complexity index is 686. The Kier molecular flexibility index (Phi) is 3.87. The lowest BCUT2D eigenvalue weighted by Gasteiger charge is -2.23. The number of fused-ring (bicyclic) bond motifs is 1. The van der Waals surface area contributed by atoms with Crippen LogP contribution in [0.4, 0.5) is 8.78 Å². The number of rotatable bonds is 2. The van der Waals surface area contributed by atoms with Crippen molar-refractivity contribution in [2.24, 2.45) is 5.92 Å². The molecule has 0 spiro atoms. The van der Waals surface area contributed by atoms with E-state index >= 15 is 0 Å². The van der Waals surface area contributed by atoms with Crippen molar-refractivity contribution in [3.8, 4) is 11.1 Å². The molecule has 3 rings (SSSR count). The fourth-order valence-electron chi connectivity index (χ4n) is 3.07. The summed E-state index contributed by atoms with van der Waals surface area (Å²) >= 11 is 0. The van der Waals surface area contributed by atoms with E-state index in [1.807, 2.05) is 6.07 Å². The molecule has 0 saturated heterocycles. The van der Waals surface area contributed by atoms with E-state index in [2.05, 4.69) is 31.2 Å². The quantitative estimate of drug-likeness (QED) is 0.655. The fourth-order valence-corrected chi connectivity index (χ4v) is 3.07. The number of hydrogen-bond donors (Lipinski definition) is 0. The summed E-state index contributed by atoms with van der Waals surface area (Å²) in [5.41, 5.74) is 4.39. The molecule has 1 aliphatic rings. The van der Waals surface area contributed by atoms with Crippen LogP contribution in [0.3, 0.4) is 0 Å². The smallest absolute Gasteiger partial charge is 0.159 e. The second-order valence-corrected chi connectivity index (χ2v) is 5.64. The normalized spacial score (nSPS) is 18.0. The zero-order valence-corrected chi connectivity index (χ0v) is 12.1. The maximum atomic E-state index is 13.4. The Morgan fingerprint density at radius 2 is 1.71 bits per heavy atom. The summed E-state index contributed by atoms with van der Waals surface area (Å²) < 4.78 is 26.4. The average molecular weight is 284 g/mol. The number of benzene rings is 2. The molecule has 0 aliphatic heterocycles. The topological polar surface area (TPSA) is 0 Å². The summed E-state index contributed by atoms with van der Waals surface area (Å²) in [6, 6.07) is 10.3. The molecule has 2 aromatic carbocycles. The van der Waals surface area contributed by atoms with Gasteiger partial charge in [0.2, 0.25) is 0 Å². The van der Waals surface area contributed by atoms with E-state index in [1.165, 1.54) is 23.3 Å². The molecule has 0 nitrogen and oxygen atoms in total. The first-order chi connectivity index (χ1) is 10.2. The zero-order valence-electron chi connectivity index (χ0n) is 12.1. The molecule has 0 N–H and O–H groups in total. The van der Waals surface area contributed by atoms with E-state index in [1.54, 1.807) is 6.07 Å². The molecule has 0 radical (unpaired) electrons. The zero-order chi connectivity index (χ0) is 14.8. The third-order valence-corrected chi connectivity index (χ3v) is 4.19. The van der Waals surface area contributed by atoms with E-state index in [9.17, 15) is 8.78 Å².